The summed E-state index contributed by atoms with van der Waals surface area (Å²) >= 11 is 1.75. The highest BCUT2D eigenvalue weighted by Crippen LogP contribution is 2.22. The highest BCUT2D eigenvalue weighted by Gasteiger charge is 2.10. The van der Waals surface area contributed by atoms with E-state index in [9.17, 15) is 9.59 Å². The number of benzene rings is 1. The molecule has 0 spiro atoms. The third kappa shape index (κ3) is 4.27. The van der Waals surface area contributed by atoms with Gasteiger partial charge in [-0.15, -0.1) is 0 Å². The topological polar surface area (TPSA) is 68.5 Å². The Bertz CT molecular complexity index is 711. The van der Waals surface area contributed by atoms with E-state index in [2.05, 4.69) is 5.32 Å². The first kappa shape index (κ1) is 16.4. The number of hydrogen-bond donors (Lipinski definition) is 1. The maximum atomic E-state index is 12.0. The number of thioether (sulfide) groups is 1. The fourth-order valence-corrected chi connectivity index (χ4v) is 2.60. The monoisotopic (exact) mass is 321 g/mol. The summed E-state index contributed by atoms with van der Waals surface area (Å²) in [5.74, 6) is 1.52. The lowest BCUT2D eigenvalue weighted by molar-refractivity contribution is -0.120. The molecular formula is C16H19NO4S. The number of carbonyl (C=O) groups is 1. The minimum atomic E-state index is -0.467. The van der Waals surface area contributed by atoms with Gasteiger partial charge in [-0.1, -0.05) is 0 Å². The Kier molecular flexibility index (Phi) is 5.89. The predicted molar refractivity (Wildman–Crippen MR) is 88.7 cm³/mol. The van der Waals surface area contributed by atoms with E-state index in [-0.39, 0.29) is 12.3 Å². The molecule has 1 aromatic carbocycles. The zero-order chi connectivity index (χ0) is 15.9. The summed E-state index contributed by atoms with van der Waals surface area (Å²) in [6.07, 6.45) is 3.13. The van der Waals surface area contributed by atoms with E-state index in [1.54, 1.807) is 37.1 Å². The van der Waals surface area contributed by atoms with Gasteiger partial charge in [0.05, 0.1) is 13.5 Å². The number of methoxy groups -OCH3 is 1. The number of nitrogens with one attached hydrogen (secondary N) is 1. The molecule has 1 amide bonds. The van der Waals surface area contributed by atoms with Crippen LogP contribution in [0.5, 0.6) is 5.75 Å². The number of hydrogen-bond acceptors (Lipinski definition) is 5. The van der Waals surface area contributed by atoms with Crippen LogP contribution in [-0.2, 0) is 11.2 Å². The first-order valence-electron chi connectivity index (χ1n) is 7.00. The molecule has 0 aliphatic rings. The van der Waals surface area contributed by atoms with Crippen molar-refractivity contribution < 1.29 is 13.9 Å². The van der Waals surface area contributed by atoms with E-state index in [1.807, 2.05) is 6.26 Å². The van der Waals surface area contributed by atoms with Crippen LogP contribution in [0.15, 0.2) is 33.5 Å². The van der Waals surface area contributed by atoms with Crippen molar-refractivity contribution in [3.8, 4) is 5.75 Å². The lowest BCUT2D eigenvalue weighted by Crippen LogP contribution is -2.26. The average molecular weight is 321 g/mol. The number of amides is 1. The number of fused-ring (bicyclic) bond motifs is 1. The normalized spacial score (nSPS) is 10.6. The molecule has 0 fully saturated rings. The van der Waals surface area contributed by atoms with Gasteiger partial charge >= 0.3 is 5.63 Å². The van der Waals surface area contributed by atoms with Crippen LogP contribution in [0, 0.1) is 0 Å². The second-order valence-electron chi connectivity index (χ2n) is 4.83. The third-order valence-corrected chi connectivity index (χ3v) is 3.93. The number of rotatable bonds is 7. The standard InChI is InChI=1S/C16H19NO4S/c1-20-12-4-5-13-11(9-16(19)21-14(13)10-12)8-15(18)17-6-3-7-22-2/h4-5,9-10H,3,6-8H2,1-2H3,(H,17,18). The molecule has 0 bridgehead atoms. The van der Waals surface area contributed by atoms with Crippen LogP contribution in [0.4, 0.5) is 0 Å². The molecule has 1 N–H and O–H groups in total. The van der Waals surface area contributed by atoms with Crippen molar-refractivity contribution >= 4 is 28.6 Å². The molecule has 0 radical (unpaired) electrons. The summed E-state index contributed by atoms with van der Waals surface area (Å²) in [4.78, 5) is 23.6. The van der Waals surface area contributed by atoms with Crippen LogP contribution in [0.25, 0.3) is 11.0 Å². The summed E-state index contributed by atoms with van der Waals surface area (Å²) in [6, 6.07) is 6.60. The van der Waals surface area contributed by atoms with Gasteiger partial charge in [0.15, 0.2) is 0 Å². The lowest BCUT2D eigenvalue weighted by Gasteiger charge is -2.08. The third-order valence-electron chi connectivity index (χ3n) is 3.24. The molecule has 0 saturated carbocycles. The van der Waals surface area contributed by atoms with Crippen LogP contribution < -0.4 is 15.7 Å². The molecule has 0 unspecified atom stereocenters. The Morgan fingerprint density at radius 2 is 2.18 bits per heavy atom. The smallest absolute Gasteiger partial charge is 0.336 e. The molecule has 2 rings (SSSR count). The Hall–Kier alpha value is -1.95. The molecule has 0 atom stereocenters. The molecule has 1 aromatic heterocycles. The van der Waals surface area contributed by atoms with Gasteiger partial charge < -0.3 is 14.5 Å². The van der Waals surface area contributed by atoms with Crippen molar-refractivity contribution in [1.82, 2.24) is 5.32 Å². The zero-order valence-electron chi connectivity index (χ0n) is 12.7. The summed E-state index contributed by atoms with van der Waals surface area (Å²) in [5.41, 5.74) is 0.624. The average Bonchev–Trinajstić information content (AvgIpc) is 2.50. The van der Waals surface area contributed by atoms with E-state index in [0.717, 1.165) is 17.6 Å². The van der Waals surface area contributed by atoms with E-state index < -0.39 is 5.63 Å². The van der Waals surface area contributed by atoms with Crippen LogP contribution in [0.2, 0.25) is 0 Å². The fourth-order valence-electron chi connectivity index (χ4n) is 2.16. The van der Waals surface area contributed by atoms with Gasteiger partial charge in [0.1, 0.15) is 11.3 Å². The Balaban J connectivity index is 2.16. The lowest BCUT2D eigenvalue weighted by atomic mass is 10.1. The summed E-state index contributed by atoms with van der Waals surface area (Å²) in [5, 5.41) is 3.61. The van der Waals surface area contributed by atoms with Crippen molar-refractivity contribution in [3.05, 3.63) is 40.2 Å². The molecule has 5 nitrogen and oxygen atoms in total. The molecule has 6 heteroatoms. The second kappa shape index (κ2) is 7.89. The maximum Gasteiger partial charge on any atom is 0.336 e. The van der Waals surface area contributed by atoms with Crippen LogP contribution >= 0.6 is 11.8 Å². The van der Waals surface area contributed by atoms with Gasteiger partial charge in [-0.3, -0.25) is 4.79 Å². The Morgan fingerprint density at radius 3 is 2.91 bits per heavy atom. The summed E-state index contributed by atoms with van der Waals surface area (Å²) in [6.45, 7) is 0.646. The van der Waals surface area contributed by atoms with E-state index >= 15 is 0 Å². The number of ether oxygens (including phenoxy) is 1. The second-order valence-corrected chi connectivity index (χ2v) is 5.81. The maximum absolute atomic E-state index is 12.0. The largest absolute Gasteiger partial charge is 0.497 e. The fraction of sp³-hybridized carbons (Fsp3) is 0.375. The van der Waals surface area contributed by atoms with Crippen LogP contribution in [0.1, 0.15) is 12.0 Å². The van der Waals surface area contributed by atoms with Gasteiger partial charge in [0.25, 0.3) is 0 Å². The van der Waals surface area contributed by atoms with Gasteiger partial charge in [-0.2, -0.15) is 11.8 Å². The zero-order valence-corrected chi connectivity index (χ0v) is 13.5. The minimum absolute atomic E-state index is 0.0937. The minimum Gasteiger partial charge on any atom is -0.497 e. The Morgan fingerprint density at radius 1 is 1.36 bits per heavy atom. The molecule has 0 aliphatic heterocycles. The SMILES string of the molecule is COc1ccc2c(CC(=O)NCCCSC)cc(=O)oc2c1. The van der Waals surface area contributed by atoms with Gasteiger partial charge in [-0.05, 0) is 36.1 Å². The van der Waals surface area contributed by atoms with E-state index in [0.29, 0.717) is 23.4 Å². The highest BCUT2D eigenvalue weighted by molar-refractivity contribution is 7.98. The van der Waals surface area contributed by atoms with Gasteiger partial charge in [-0.25, -0.2) is 4.79 Å². The molecule has 0 aliphatic carbocycles. The first-order valence-corrected chi connectivity index (χ1v) is 8.40. The van der Waals surface area contributed by atoms with Crippen LogP contribution in [-0.4, -0.2) is 31.6 Å². The van der Waals surface area contributed by atoms with Crippen LogP contribution in [0.3, 0.4) is 0 Å². The first-order chi connectivity index (χ1) is 10.6. The molecular weight excluding hydrogens is 302 g/mol. The van der Waals surface area contributed by atoms with Crippen molar-refractivity contribution in [1.29, 1.82) is 0 Å². The van der Waals surface area contributed by atoms with Gasteiger partial charge in [0, 0.05) is 24.1 Å². The van der Waals surface area contributed by atoms with E-state index in [4.69, 9.17) is 9.15 Å². The van der Waals surface area contributed by atoms with E-state index in [1.165, 1.54) is 6.07 Å². The molecule has 22 heavy (non-hydrogen) atoms. The number of carbonyl (C=O) groups excluding carboxylic acids is 1. The molecule has 2 aromatic rings. The predicted octanol–water partition coefficient (Wildman–Crippen LogP) is 2.21. The van der Waals surface area contributed by atoms with Gasteiger partial charge in [0.2, 0.25) is 5.91 Å². The van der Waals surface area contributed by atoms with Crippen molar-refractivity contribution in [2.75, 3.05) is 25.7 Å². The van der Waals surface area contributed by atoms with Crippen molar-refractivity contribution in [3.63, 3.8) is 0 Å². The van der Waals surface area contributed by atoms with Crippen molar-refractivity contribution in [2.45, 2.75) is 12.8 Å². The Labute approximate surface area is 133 Å². The highest BCUT2D eigenvalue weighted by atomic mass is 32.2. The molecule has 118 valence electrons. The summed E-state index contributed by atoms with van der Waals surface area (Å²) < 4.78 is 10.3. The quantitative estimate of drug-likeness (QED) is 0.625. The summed E-state index contributed by atoms with van der Waals surface area (Å²) in [7, 11) is 1.55. The molecule has 1 heterocycles. The molecule has 0 saturated heterocycles. The van der Waals surface area contributed by atoms with Crippen molar-refractivity contribution in [2.24, 2.45) is 0 Å².